The molecule has 160 valence electrons. The molecule has 1 aliphatic carbocycles. The van der Waals surface area contributed by atoms with Gasteiger partial charge in [0.1, 0.15) is 24.7 Å². The van der Waals surface area contributed by atoms with Crippen molar-refractivity contribution in [3.8, 4) is 5.75 Å². The molecule has 0 radical (unpaired) electrons. The molecule has 2 aromatic heterocycles. The Morgan fingerprint density at radius 1 is 1.23 bits per heavy atom. The normalized spacial score (nSPS) is 16.4. The molecule has 0 saturated heterocycles. The zero-order valence-electron chi connectivity index (χ0n) is 17.9. The van der Waals surface area contributed by atoms with Gasteiger partial charge in [0.25, 0.3) is 5.56 Å². The number of ether oxygens (including phenoxy) is 1. The first-order valence-electron chi connectivity index (χ1n) is 11.0. The number of fused-ring (bicyclic) bond motifs is 3. The molecule has 7 nitrogen and oxygen atoms in total. The van der Waals surface area contributed by atoms with E-state index >= 15 is 0 Å². The first-order chi connectivity index (χ1) is 15.1. The zero-order valence-corrected chi connectivity index (χ0v) is 17.9. The van der Waals surface area contributed by atoms with E-state index in [0.717, 1.165) is 48.2 Å². The summed E-state index contributed by atoms with van der Waals surface area (Å²) in [5.74, 6) is 0.576. The molecule has 2 aliphatic rings. The molecule has 1 aliphatic heterocycles. The Hall–Kier alpha value is -3.22. The summed E-state index contributed by atoms with van der Waals surface area (Å²) in [7, 11) is 0. The lowest BCUT2D eigenvalue weighted by molar-refractivity contribution is -0.122. The lowest BCUT2D eigenvalue weighted by Crippen LogP contribution is -2.44. The van der Waals surface area contributed by atoms with E-state index in [0.29, 0.717) is 36.4 Å². The van der Waals surface area contributed by atoms with E-state index in [1.54, 1.807) is 4.90 Å². The van der Waals surface area contributed by atoms with Crippen LogP contribution >= 0.6 is 0 Å². The van der Waals surface area contributed by atoms with E-state index in [1.165, 1.54) is 10.9 Å². The molecule has 0 unspecified atom stereocenters. The van der Waals surface area contributed by atoms with Crippen molar-refractivity contribution in [3.05, 3.63) is 57.8 Å². The van der Waals surface area contributed by atoms with Crippen molar-refractivity contribution in [2.75, 3.05) is 18.1 Å². The average molecular weight is 418 g/mol. The third-order valence-electron chi connectivity index (χ3n) is 6.30. The Labute approximate surface area is 180 Å². The number of aromatic nitrogens is 3. The molecule has 0 fully saturated rings. The fraction of sp³-hybridized carbons (Fsp3) is 0.417. The largest absolute Gasteiger partial charge is 0.490 e. The molecule has 3 aromatic rings. The van der Waals surface area contributed by atoms with Crippen LogP contribution < -0.4 is 15.2 Å². The van der Waals surface area contributed by atoms with E-state index < -0.39 is 6.04 Å². The third kappa shape index (κ3) is 3.38. The molecule has 0 N–H and O–H groups in total. The first kappa shape index (κ1) is 19.7. The summed E-state index contributed by atoms with van der Waals surface area (Å²) in [6, 6.07) is 7.12. The Bertz CT molecular complexity index is 1230. The van der Waals surface area contributed by atoms with Crippen molar-refractivity contribution < 1.29 is 9.53 Å². The molecule has 7 heteroatoms. The SMILES string of the molecule is CC[C@H](C(=O)N1CCOc2ccc(C)cc21)n1cnc2nc3c(cc2c1=O)CCCC3. The van der Waals surface area contributed by atoms with Gasteiger partial charge in [0.05, 0.1) is 17.6 Å². The highest BCUT2D eigenvalue weighted by Gasteiger charge is 2.31. The predicted molar refractivity (Wildman–Crippen MR) is 119 cm³/mol. The van der Waals surface area contributed by atoms with Gasteiger partial charge in [-0.3, -0.25) is 14.2 Å². The van der Waals surface area contributed by atoms with Crippen LogP contribution in [0.15, 0.2) is 35.4 Å². The Morgan fingerprint density at radius 3 is 2.90 bits per heavy atom. The maximum absolute atomic E-state index is 13.6. The number of benzene rings is 1. The average Bonchev–Trinajstić information content (AvgIpc) is 2.79. The van der Waals surface area contributed by atoms with Crippen molar-refractivity contribution in [1.82, 2.24) is 14.5 Å². The number of hydrogen-bond acceptors (Lipinski definition) is 5. The molecular weight excluding hydrogens is 392 g/mol. The van der Waals surface area contributed by atoms with Gasteiger partial charge in [0.15, 0.2) is 5.65 Å². The lowest BCUT2D eigenvalue weighted by Gasteiger charge is -2.32. The van der Waals surface area contributed by atoms with E-state index in [1.807, 2.05) is 38.1 Å². The van der Waals surface area contributed by atoms with Gasteiger partial charge in [-0.2, -0.15) is 0 Å². The van der Waals surface area contributed by atoms with E-state index in [-0.39, 0.29) is 11.5 Å². The summed E-state index contributed by atoms with van der Waals surface area (Å²) in [4.78, 5) is 37.8. The maximum Gasteiger partial charge on any atom is 0.263 e. The van der Waals surface area contributed by atoms with Crippen molar-refractivity contribution in [3.63, 3.8) is 0 Å². The van der Waals surface area contributed by atoms with Gasteiger partial charge < -0.3 is 9.64 Å². The van der Waals surface area contributed by atoms with Crippen molar-refractivity contribution in [1.29, 1.82) is 0 Å². The number of rotatable bonds is 3. The van der Waals surface area contributed by atoms with Crippen molar-refractivity contribution in [2.45, 2.75) is 52.0 Å². The van der Waals surface area contributed by atoms with Crippen LogP contribution in [-0.2, 0) is 17.6 Å². The molecule has 5 rings (SSSR count). The molecule has 31 heavy (non-hydrogen) atoms. The van der Waals surface area contributed by atoms with E-state index in [9.17, 15) is 9.59 Å². The first-order valence-corrected chi connectivity index (χ1v) is 11.0. The highest BCUT2D eigenvalue weighted by molar-refractivity contribution is 5.98. The van der Waals surface area contributed by atoms with Crippen LogP contribution in [0.25, 0.3) is 11.0 Å². The number of pyridine rings is 1. The van der Waals surface area contributed by atoms with Crippen LogP contribution in [0.3, 0.4) is 0 Å². The molecule has 1 aromatic carbocycles. The summed E-state index contributed by atoms with van der Waals surface area (Å²) >= 11 is 0. The number of amides is 1. The summed E-state index contributed by atoms with van der Waals surface area (Å²) in [6.07, 6.45) is 6.07. The molecule has 0 bridgehead atoms. The van der Waals surface area contributed by atoms with Crippen LogP contribution in [0, 0.1) is 6.92 Å². The summed E-state index contributed by atoms with van der Waals surface area (Å²) in [5, 5.41) is 0.493. The predicted octanol–water partition coefficient (Wildman–Crippen LogP) is 3.36. The third-order valence-corrected chi connectivity index (χ3v) is 6.30. The monoisotopic (exact) mass is 418 g/mol. The quantitative estimate of drug-likeness (QED) is 0.652. The number of carbonyl (C=O) groups excluding carboxylic acids is 1. The van der Waals surface area contributed by atoms with E-state index in [4.69, 9.17) is 4.74 Å². The highest BCUT2D eigenvalue weighted by Crippen LogP contribution is 2.34. The number of hydrogen-bond donors (Lipinski definition) is 0. The van der Waals surface area contributed by atoms with Crippen LogP contribution in [-0.4, -0.2) is 33.6 Å². The Kier molecular flexibility index (Phi) is 4.96. The van der Waals surface area contributed by atoms with Crippen molar-refractivity contribution >= 4 is 22.6 Å². The second kappa shape index (κ2) is 7.80. The molecule has 3 heterocycles. The van der Waals surface area contributed by atoms with Gasteiger partial charge in [0, 0.05) is 5.69 Å². The Balaban J connectivity index is 1.56. The van der Waals surface area contributed by atoms with Crippen LogP contribution in [0.5, 0.6) is 5.75 Å². The number of aryl methyl sites for hydroxylation is 3. The fourth-order valence-corrected chi connectivity index (χ4v) is 4.64. The zero-order chi connectivity index (χ0) is 21.5. The van der Waals surface area contributed by atoms with Gasteiger partial charge in [-0.1, -0.05) is 13.0 Å². The number of nitrogens with zero attached hydrogens (tertiary/aromatic N) is 4. The minimum atomic E-state index is -0.633. The van der Waals surface area contributed by atoms with Gasteiger partial charge in [-0.25, -0.2) is 9.97 Å². The van der Waals surface area contributed by atoms with Crippen LogP contribution in [0.2, 0.25) is 0 Å². The number of carbonyl (C=O) groups is 1. The minimum Gasteiger partial charge on any atom is -0.490 e. The smallest absolute Gasteiger partial charge is 0.263 e. The minimum absolute atomic E-state index is 0.119. The summed E-state index contributed by atoms with van der Waals surface area (Å²) in [6.45, 7) is 4.79. The topological polar surface area (TPSA) is 77.3 Å². The van der Waals surface area contributed by atoms with Crippen molar-refractivity contribution in [2.24, 2.45) is 0 Å². The Morgan fingerprint density at radius 2 is 2.06 bits per heavy atom. The molecule has 1 amide bonds. The second-order valence-electron chi connectivity index (χ2n) is 8.36. The standard InChI is InChI=1S/C24H26N4O3/c1-3-19(24(30)27-10-11-31-21-9-8-15(2)12-20(21)27)28-14-25-22-17(23(28)29)13-16-6-4-5-7-18(16)26-22/h8-9,12-14,19H,3-7,10-11H2,1-2H3/t19-/m1/s1. The van der Waals surface area contributed by atoms with E-state index in [2.05, 4.69) is 9.97 Å². The fourth-order valence-electron chi connectivity index (χ4n) is 4.64. The maximum atomic E-state index is 13.6. The highest BCUT2D eigenvalue weighted by atomic mass is 16.5. The summed E-state index contributed by atoms with van der Waals surface area (Å²) < 4.78 is 7.21. The molecule has 0 spiro atoms. The van der Waals surface area contributed by atoms with Gasteiger partial charge in [-0.05, 0) is 68.4 Å². The number of anilines is 1. The van der Waals surface area contributed by atoms with Crippen LogP contribution in [0.1, 0.15) is 49.0 Å². The van der Waals surface area contributed by atoms with Gasteiger partial charge in [0.2, 0.25) is 5.91 Å². The summed E-state index contributed by atoms with van der Waals surface area (Å²) in [5.41, 5.74) is 4.25. The lowest BCUT2D eigenvalue weighted by atomic mass is 9.95. The second-order valence-corrected chi connectivity index (χ2v) is 8.36. The van der Waals surface area contributed by atoms with Crippen LogP contribution in [0.4, 0.5) is 5.69 Å². The van der Waals surface area contributed by atoms with Gasteiger partial charge in [-0.15, -0.1) is 0 Å². The van der Waals surface area contributed by atoms with Gasteiger partial charge >= 0.3 is 0 Å². The molecular formula is C24H26N4O3. The molecule has 0 saturated carbocycles. The molecule has 1 atom stereocenters.